The van der Waals surface area contributed by atoms with Crippen molar-refractivity contribution in [2.45, 2.75) is 10.6 Å². The Kier molecular flexibility index (Phi) is 3.27. The van der Waals surface area contributed by atoms with E-state index in [0.717, 1.165) is 9.37 Å². The molecule has 0 bridgehead atoms. The summed E-state index contributed by atoms with van der Waals surface area (Å²) in [5.41, 5.74) is 0. The normalized spacial score (nSPS) is 10.5. The summed E-state index contributed by atoms with van der Waals surface area (Å²) >= 11 is 4.94. The number of hydrogen-bond acceptors (Lipinski definition) is 4. The van der Waals surface area contributed by atoms with Crippen molar-refractivity contribution < 1.29 is 4.52 Å². The molecule has 0 aliphatic rings. The standard InChI is InChI=1S/C9H7BrN2O2S/c10-6-1-3-7(4-2-6)15-5-8-11-9(13)14-12-8/h1-4H,5H2,(H,11,12,13). The van der Waals surface area contributed by atoms with E-state index in [0.29, 0.717) is 11.6 Å². The Morgan fingerprint density at radius 2 is 2.13 bits per heavy atom. The molecule has 6 heteroatoms. The van der Waals surface area contributed by atoms with Crippen LogP contribution in [-0.4, -0.2) is 10.1 Å². The molecule has 0 atom stereocenters. The first-order valence-electron chi connectivity index (χ1n) is 4.17. The highest BCUT2D eigenvalue weighted by Crippen LogP contribution is 2.22. The Morgan fingerprint density at radius 1 is 1.40 bits per heavy atom. The van der Waals surface area contributed by atoms with Gasteiger partial charge in [-0.25, -0.2) is 4.79 Å². The van der Waals surface area contributed by atoms with Crippen LogP contribution in [0.15, 0.2) is 43.0 Å². The summed E-state index contributed by atoms with van der Waals surface area (Å²) in [5.74, 6) is 0.627. The van der Waals surface area contributed by atoms with Gasteiger partial charge in [-0.15, -0.1) is 11.8 Å². The first-order chi connectivity index (χ1) is 7.24. The maximum Gasteiger partial charge on any atom is 0.438 e. The summed E-state index contributed by atoms with van der Waals surface area (Å²) in [6, 6.07) is 7.92. The molecule has 1 aromatic carbocycles. The maximum absolute atomic E-state index is 10.6. The zero-order chi connectivity index (χ0) is 10.7. The number of aromatic amines is 1. The number of thioether (sulfide) groups is 1. The van der Waals surface area contributed by atoms with Crippen LogP contribution in [0.4, 0.5) is 0 Å². The summed E-state index contributed by atoms with van der Waals surface area (Å²) in [7, 11) is 0. The summed E-state index contributed by atoms with van der Waals surface area (Å²) in [4.78, 5) is 14.3. The van der Waals surface area contributed by atoms with E-state index in [1.54, 1.807) is 11.8 Å². The van der Waals surface area contributed by atoms with Crippen LogP contribution in [0.5, 0.6) is 0 Å². The molecule has 78 valence electrons. The van der Waals surface area contributed by atoms with Gasteiger partial charge < -0.3 is 0 Å². The van der Waals surface area contributed by atoms with Crippen LogP contribution in [0.1, 0.15) is 5.82 Å². The van der Waals surface area contributed by atoms with Crippen molar-refractivity contribution in [1.29, 1.82) is 0 Å². The minimum absolute atomic E-state index is 0.513. The van der Waals surface area contributed by atoms with E-state index >= 15 is 0 Å². The molecule has 4 nitrogen and oxygen atoms in total. The van der Waals surface area contributed by atoms with Crippen LogP contribution >= 0.6 is 27.7 Å². The van der Waals surface area contributed by atoms with E-state index in [1.165, 1.54) is 0 Å². The molecule has 2 rings (SSSR count). The lowest BCUT2D eigenvalue weighted by molar-refractivity contribution is 0.383. The maximum atomic E-state index is 10.6. The molecule has 1 aromatic heterocycles. The molecule has 0 saturated heterocycles. The average Bonchev–Trinajstić information content (AvgIpc) is 2.64. The van der Waals surface area contributed by atoms with Gasteiger partial charge in [-0.1, -0.05) is 21.1 Å². The van der Waals surface area contributed by atoms with Crippen LogP contribution in [0, 0.1) is 0 Å². The molecule has 0 amide bonds. The van der Waals surface area contributed by atoms with E-state index in [9.17, 15) is 4.79 Å². The van der Waals surface area contributed by atoms with E-state index in [2.05, 4.69) is 30.6 Å². The SMILES string of the molecule is O=c1[nH]c(CSc2ccc(Br)cc2)no1. The summed E-state index contributed by atoms with van der Waals surface area (Å²) in [6.07, 6.45) is 0. The van der Waals surface area contributed by atoms with Gasteiger partial charge in [0.15, 0.2) is 5.82 Å². The fourth-order valence-electron chi connectivity index (χ4n) is 1.00. The minimum Gasteiger partial charge on any atom is -0.296 e. The van der Waals surface area contributed by atoms with E-state index in [1.807, 2.05) is 24.3 Å². The molecule has 15 heavy (non-hydrogen) atoms. The van der Waals surface area contributed by atoms with Crippen LogP contribution in [0.2, 0.25) is 0 Å². The van der Waals surface area contributed by atoms with Gasteiger partial charge in [0.25, 0.3) is 0 Å². The average molecular weight is 287 g/mol. The zero-order valence-corrected chi connectivity index (χ0v) is 9.97. The molecule has 0 aliphatic carbocycles. The van der Waals surface area contributed by atoms with E-state index < -0.39 is 5.76 Å². The lowest BCUT2D eigenvalue weighted by Crippen LogP contribution is -1.95. The van der Waals surface area contributed by atoms with Crippen LogP contribution in [0.25, 0.3) is 0 Å². The molecular weight excluding hydrogens is 280 g/mol. The molecule has 0 aliphatic heterocycles. The third-order valence-electron chi connectivity index (χ3n) is 1.67. The van der Waals surface area contributed by atoms with Crippen molar-refractivity contribution in [2.75, 3.05) is 0 Å². The van der Waals surface area contributed by atoms with Gasteiger partial charge in [-0.2, -0.15) is 0 Å². The third kappa shape index (κ3) is 2.97. The number of aromatic nitrogens is 2. The lowest BCUT2D eigenvalue weighted by atomic mass is 10.4. The summed E-state index contributed by atoms with van der Waals surface area (Å²) in [5, 5.41) is 3.58. The first kappa shape index (κ1) is 10.5. The predicted molar refractivity (Wildman–Crippen MR) is 60.8 cm³/mol. The van der Waals surface area contributed by atoms with E-state index in [4.69, 9.17) is 0 Å². The highest BCUT2D eigenvalue weighted by Gasteiger charge is 2.01. The Morgan fingerprint density at radius 3 is 2.73 bits per heavy atom. The molecule has 0 unspecified atom stereocenters. The smallest absolute Gasteiger partial charge is 0.296 e. The highest BCUT2D eigenvalue weighted by atomic mass is 79.9. The molecule has 0 radical (unpaired) electrons. The monoisotopic (exact) mass is 286 g/mol. The molecule has 0 fully saturated rings. The third-order valence-corrected chi connectivity index (χ3v) is 3.23. The molecule has 2 aromatic rings. The van der Waals surface area contributed by atoms with Crippen molar-refractivity contribution in [2.24, 2.45) is 0 Å². The largest absolute Gasteiger partial charge is 0.438 e. The van der Waals surface area contributed by atoms with Crippen LogP contribution < -0.4 is 5.76 Å². The number of nitrogens with zero attached hydrogens (tertiary/aromatic N) is 1. The number of rotatable bonds is 3. The van der Waals surface area contributed by atoms with Crippen LogP contribution in [0.3, 0.4) is 0 Å². The van der Waals surface area contributed by atoms with Gasteiger partial charge in [0, 0.05) is 9.37 Å². The van der Waals surface area contributed by atoms with Crippen molar-refractivity contribution >= 4 is 27.7 Å². The van der Waals surface area contributed by atoms with Crippen molar-refractivity contribution in [3.8, 4) is 0 Å². The van der Waals surface area contributed by atoms with Gasteiger partial charge in [0.05, 0.1) is 5.75 Å². The molecule has 0 saturated carbocycles. The first-order valence-corrected chi connectivity index (χ1v) is 5.95. The Hall–Kier alpha value is -1.01. The fourth-order valence-corrected chi connectivity index (χ4v) is 2.03. The lowest BCUT2D eigenvalue weighted by Gasteiger charge is -1.98. The Labute approximate surface area is 98.2 Å². The number of nitrogens with one attached hydrogen (secondary N) is 1. The van der Waals surface area contributed by atoms with Gasteiger partial charge in [0.1, 0.15) is 0 Å². The second-order valence-corrected chi connectivity index (χ2v) is 4.75. The Bertz CT molecular complexity index is 491. The van der Waals surface area contributed by atoms with Crippen LogP contribution in [-0.2, 0) is 5.75 Å². The fraction of sp³-hybridized carbons (Fsp3) is 0.111. The van der Waals surface area contributed by atoms with Gasteiger partial charge in [-0.05, 0) is 24.3 Å². The number of benzene rings is 1. The van der Waals surface area contributed by atoms with Gasteiger partial charge in [0.2, 0.25) is 0 Å². The number of H-pyrrole nitrogens is 1. The van der Waals surface area contributed by atoms with Crippen molar-refractivity contribution in [3.63, 3.8) is 0 Å². The quantitative estimate of drug-likeness (QED) is 0.881. The topological polar surface area (TPSA) is 58.9 Å². The number of halogens is 1. The zero-order valence-electron chi connectivity index (χ0n) is 7.57. The van der Waals surface area contributed by atoms with Crippen molar-refractivity contribution in [1.82, 2.24) is 10.1 Å². The second-order valence-electron chi connectivity index (χ2n) is 2.78. The van der Waals surface area contributed by atoms with Crippen molar-refractivity contribution in [3.05, 3.63) is 45.1 Å². The summed E-state index contributed by atoms with van der Waals surface area (Å²) in [6.45, 7) is 0. The second kappa shape index (κ2) is 4.67. The van der Waals surface area contributed by atoms with Gasteiger partial charge in [-0.3, -0.25) is 9.51 Å². The Balaban J connectivity index is 1.99. The minimum atomic E-state index is -0.513. The predicted octanol–water partition coefficient (Wildman–Crippen LogP) is 2.42. The summed E-state index contributed by atoms with van der Waals surface area (Å²) < 4.78 is 5.43. The van der Waals surface area contributed by atoms with E-state index in [-0.39, 0.29) is 0 Å². The molecule has 1 N–H and O–H groups in total. The van der Waals surface area contributed by atoms with Gasteiger partial charge >= 0.3 is 5.76 Å². The molecule has 1 heterocycles. The molecular formula is C9H7BrN2O2S. The molecule has 0 spiro atoms. The highest BCUT2D eigenvalue weighted by molar-refractivity contribution is 9.10. The number of hydrogen-bond donors (Lipinski definition) is 1.